The van der Waals surface area contributed by atoms with E-state index < -0.39 is 45.7 Å². The van der Waals surface area contributed by atoms with Crippen LogP contribution in [0.1, 0.15) is 18.4 Å². The van der Waals surface area contributed by atoms with Crippen LogP contribution in [-0.4, -0.2) is 114 Å². The number of aromatic nitrogens is 2. The maximum Gasteiger partial charge on any atom is 0.430 e. The van der Waals surface area contributed by atoms with Gasteiger partial charge in [0.2, 0.25) is 5.95 Å². The van der Waals surface area contributed by atoms with Gasteiger partial charge in [0.15, 0.2) is 0 Å². The first-order valence-corrected chi connectivity index (χ1v) is 15.1. The highest BCUT2D eigenvalue weighted by molar-refractivity contribution is 7.91. The molecule has 0 spiro atoms. The molecule has 2 aromatic heterocycles. The Hall–Kier alpha value is -2.29. The molecule has 3 saturated heterocycles. The second kappa shape index (κ2) is 11.0. The molecular weight excluding hydrogens is 618 g/mol. The van der Waals surface area contributed by atoms with E-state index in [0.29, 0.717) is 31.1 Å². The van der Waals surface area contributed by atoms with Crippen LogP contribution in [0.4, 0.5) is 37.3 Å². The molecule has 4 atom stereocenters. The molecule has 0 radical (unpaired) electrons. The van der Waals surface area contributed by atoms with Gasteiger partial charge in [0, 0.05) is 56.2 Å². The molecule has 3 aliphatic heterocycles. The van der Waals surface area contributed by atoms with Crippen LogP contribution < -0.4 is 10.6 Å². The monoisotopic (exact) mass is 646 g/mol. The van der Waals surface area contributed by atoms with Gasteiger partial charge >= 0.3 is 12.4 Å². The van der Waals surface area contributed by atoms with E-state index in [4.69, 9.17) is 10.5 Å². The Morgan fingerprint density at radius 2 is 1.62 bits per heavy atom. The fourth-order valence-corrected chi connectivity index (χ4v) is 8.43. The number of aliphatic hydroxyl groups excluding tert-OH is 1. The summed E-state index contributed by atoms with van der Waals surface area (Å²) in [6.45, 7) is 0.676. The lowest BCUT2D eigenvalue weighted by molar-refractivity contribution is -0.376. The number of halogens is 6. The Morgan fingerprint density at radius 3 is 2.14 bits per heavy atom. The predicted molar refractivity (Wildman–Crippen MR) is 137 cm³/mol. The zero-order valence-electron chi connectivity index (χ0n) is 21.8. The number of rotatable bonds is 6. The summed E-state index contributed by atoms with van der Waals surface area (Å²) in [5.41, 5.74) is -1.06. The lowest BCUT2D eigenvalue weighted by atomic mass is 9.91. The van der Waals surface area contributed by atoms with Gasteiger partial charge in [-0.15, -0.1) is 11.3 Å². The normalized spacial score (nSPS) is 26.9. The summed E-state index contributed by atoms with van der Waals surface area (Å²) in [5.74, 6) is -0.230. The van der Waals surface area contributed by atoms with Crippen molar-refractivity contribution in [2.24, 2.45) is 0 Å². The minimum Gasteiger partial charge on any atom is -0.393 e. The maximum absolute atomic E-state index is 13.4. The van der Waals surface area contributed by atoms with Gasteiger partial charge in [-0.05, 0) is 25.0 Å². The van der Waals surface area contributed by atoms with Crippen molar-refractivity contribution < 1.29 is 49.7 Å². The molecule has 2 aromatic rings. The summed E-state index contributed by atoms with van der Waals surface area (Å²) >= 11 is 0.892. The number of hydrogen-bond donors (Lipinski definition) is 3. The van der Waals surface area contributed by atoms with Crippen LogP contribution in [0, 0.1) is 0 Å². The van der Waals surface area contributed by atoms with Gasteiger partial charge in [0.1, 0.15) is 4.21 Å². The van der Waals surface area contributed by atoms with E-state index in [1.54, 1.807) is 0 Å². The SMILES string of the molecule is Nc1ccc(S(=O)(=O)N2CCN(c3ncc(C(O)(C(F)(F)F)C(F)(F)F)cn3)[C@@H](CN3C4COC[C@@H]3CC(O)C4)C2)s1. The van der Waals surface area contributed by atoms with Crippen LogP contribution in [-0.2, 0) is 20.4 Å². The van der Waals surface area contributed by atoms with Crippen LogP contribution in [0.3, 0.4) is 0 Å². The van der Waals surface area contributed by atoms with E-state index in [0.717, 1.165) is 11.3 Å². The van der Waals surface area contributed by atoms with Crippen molar-refractivity contribution >= 4 is 32.3 Å². The highest BCUT2D eigenvalue weighted by Gasteiger charge is 2.71. The molecule has 2 unspecified atom stereocenters. The number of morpholine rings is 1. The van der Waals surface area contributed by atoms with Crippen LogP contribution in [0.25, 0.3) is 0 Å². The van der Waals surface area contributed by atoms with E-state index >= 15 is 0 Å². The Bertz CT molecular complexity index is 1350. The Morgan fingerprint density at radius 1 is 1.02 bits per heavy atom. The fourth-order valence-electron chi connectivity index (χ4n) is 5.71. The Labute approximate surface area is 240 Å². The number of nitrogens with zero attached hydrogens (tertiary/aromatic N) is 5. The third-order valence-corrected chi connectivity index (χ3v) is 11.1. The molecule has 11 nitrogen and oxygen atoms in total. The number of ether oxygens (including phenoxy) is 1. The van der Waals surface area contributed by atoms with Gasteiger partial charge in [-0.2, -0.15) is 30.6 Å². The average Bonchev–Trinajstić information content (AvgIpc) is 3.34. The number of aliphatic hydroxyl groups is 2. The molecule has 0 amide bonds. The summed E-state index contributed by atoms with van der Waals surface area (Å²) < 4.78 is 114. The van der Waals surface area contributed by atoms with E-state index in [9.17, 15) is 45.0 Å². The lowest BCUT2D eigenvalue weighted by Gasteiger charge is -2.50. The first-order chi connectivity index (χ1) is 19.5. The van der Waals surface area contributed by atoms with Crippen LogP contribution in [0.5, 0.6) is 0 Å². The summed E-state index contributed by atoms with van der Waals surface area (Å²) in [4.78, 5) is 11.1. The summed E-state index contributed by atoms with van der Waals surface area (Å²) in [7, 11) is -3.97. The van der Waals surface area contributed by atoms with Crippen molar-refractivity contribution in [1.82, 2.24) is 19.2 Å². The van der Waals surface area contributed by atoms with Gasteiger partial charge in [0.05, 0.1) is 30.4 Å². The quantitative estimate of drug-likeness (QED) is 0.396. The molecule has 234 valence electrons. The lowest BCUT2D eigenvalue weighted by Crippen LogP contribution is -2.64. The number of sulfonamides is 1. The fraction of sp³-hybridized carbons (Fsp3) is 0.652. The summed E-state index contributed by atoms with van der Waals surface area (Å²) in [6, 6.07) is 1.79. The first-order valence-electron chi connectivity index (χ1n) is 12.8. The minimum absolute atomic E-state index is 0.0257. The standard InChI is InChI=1S/C23H28F6N6O5S2/c24-22(25,26)21(37,23(27,28)29)13-7-31-20(32-8-13)34-4-3-33(42(38,39)19-2-1-18(30)41-19)9-16(34)10-35-14-5-17(36)6-15(35)12-40-11-14/h1-2,7-8,14-17,36-37H,3-6,9-12,30H2/t14-,15?,16+,17?/m0/s1. The second-order valence-corrected chi connectivity index (χ2v) is 13.8. The highest BCUT2D eigenvalue weighted by Crippen LogP contribution is 2.49. The molecule has 42 heavy (non-hydrogen) atoms. The molecule has 0 aromatic carbocycles. The number of thiophene rings is 1. The van der Waals surface area contributed by atoms with Crippen molar-refractivity contribution in [3.05, 3.63) is 30.1 Å². The molecule has 2 bridgehead atoms. The van der Waals surface area contributed by atoms with Gasteiger partial charge < -0.3 is 25.6 Å². The highest BCUT2D eigenvalue weighted by atomic mass is 32.2. The van der Waals surface area contributed by atoms with Gasteiger partial charge in [-0.25, -0.2) is 18.4 Å². The minimum atomic E-state index is -6.09. The van der Waals surface area contributed by atoms with Gasteiger partial charge in [-0.1, -0.05) is 0 Å². The third kappa shape index (κ3) is 5.55. The zero-order chi connectivity index (χ0) is 30.7. The van der Waals surface area contributed by atoms with E-state index in [2.05, 4.69) is 14.9 Å². The number of nitrogen functional groups attached to an aromatic ring is 1. The van der Waals surface area contributed by atoms with Crippen molar-refractivity contribution in [1.29, 1.82) is 0 Å². The Balaban J connectivity index is 1.46. The number of alkyl halides is 6. The molecule has 3 fully saturated rings. The van der Waals surface area contributed by atoms with Crippen molar-refractivity contribution in [2.75, 3.05) is 50.0 Å². The van der Waals surface area contributed by atoms with E-state index in [1.807, 2.05) is 0 Å². The molecule has 3 aliphatic rings. The summed E-state index contributed by atoms with van der Waals surface area (Å²) in [6.07, 6.45) is -11.3. The molecule has 0 saturated carbocycles. The molecule has 0 aliphatic carbocycles. The second-order valence-electron chi connectivity index (χ2n) is 10.5. The topological polar surface area (TPSA) is 145 Å². The van der Waals surface area contributed by atoms with Crippen LogP contribution >= 0.6 is 11.3 Å². The van der Waals surface area contributed by atoms with Crippen LogP contribution in [0.15, 0.2) is 28.7 Å². The van der Waals surface area contributed by atoms with Crippen LogP contribution in [0.2, 0.25) is 0 Å². The number of anilines is 2. The number of nitrogens with two attached hydrogens (primary N) is 1. The van der Waals surface area contributed by atoms with Crippen molar-refractivity contribution in [3.8, 4) is 0 Å². The molecule has 5 rings (SSSR count). The van der Waals surface area contributed by atoms with Crippen molar-refractivity contribution in [3.63, 3.8) is 0 Å². The average molecular weight is 647 g/mol. The first kappa shape index (κ1) is 31.1. The number of hydrogen-bond acceptors (Lipinski definition) is 11. The summed E-state index contributed by atoms with van der Waals surface area (Å²) in [5, 5.41) is 20.3. The van der Waals surface area contributed by atoms with Gasteiger partial charge in [0.25, 0.3) is 15.6 Å². The smallest absolute Gasteiger partial charge is 0.393 e. The van der Waals surface area contributed by atoms with Gasteiger partial charge in [-0.3, -0.25) is 4.90 Å². The Kier molecular flexibility index (Phi) is 8.16. The van der Waals surface area contributed by atoms with E-state index in [-0.39, 0.29) is 60.8 Å². The number of fused-ring (bicyclic) bond motifs is 2. The van der Waals surface area contributed by atoms with E-state index in [1.165, 1.54) is 21.3 Å². The maximum atomic E-state index is 13.4. The molecule has 5 heterocycles. The predicted octanol–water partition coefficient (Wildman–Crippen LogP) is 1.54. The molecular formula is C23H28F6N6O5S2. The van der Waals surface area contributed by atoms with Crippen molar-refractivity contribution in [2.45, 2.75) is 59.2 Å². The zero-order valence-corrected chi connectivity index (χ0v) is 23.4. The third-order valence-electron chi connectivity index (χ3n) is 7.84. The largest absolute Gasteiger partial charge is 0.430 e. The molecule has 19 heteroatoms. The molecule has 4 N–H and O–H groups in total. The number of piperidine rings is 1. The number of piperazine rings is 1.